The van der Waals surface area contributed by atoms with Crippen molar-refractivity contribution in [2.45, 2.75) is 6.92 Å². The van der Waals surface area contributed by atoms with Gasteiger partial charge in [-0.15, -0.1) is 0 Å². The number of carbonyl (C=O) groups excluding carboxylic acids is 1. The van der Waals surface area contributed by atoms with Gasteiger partial charge in [-0.1, -0.05) is 30.3 Å². The molecule has 7 heteroatoms. The number of nitrogens with one attached hydrogen (secondary N) is 1. The standard InChI is InChI=1S/C22H15N2O2.C2H4O2.Na/c25-21-20(26-22(24-21)23-19-9-5-2-6-10-19)15-16-11-13-18(14-12-16)17-7-3-1-4-8-17;1-2(3)4;/h1,3-15H,(H,23,24,25);1H3,(H,3,4);/b20-15+;;. The van der Waals surface area contributed by atoms with Crippen LogP contribution in [0.15, 0.2) is 89.6 Å². The summed E-state index contributed by atoms with van der Waals surface area (Å²) in [5.74, 6) is -1.01. The van der Waals surface area contributed by atoms with Gasteiger partial charge in [0.1, 0.15) is 0 Å². The summed E-state index contributed by atoms with van der Waals surface area (Å²) in [6.45, 7) is 1.08. The van der Waals surface area contributed by atoms with Crippen LogP contribution in [0, 0.1) is 0 Å². The molecular formula is C24H19N2NaO4. The van der Waals surface area contributed by atoms with E-state index in [0.29, 0.717) is 0 Å². The number of nitrogens with zero attached hydrogens (tertiary/aromatic N) is 1. The van der Waals surface area contributed by atoms with E-state index >= 15 is 0 Å². The number of aliphatic imine (C=N–C) groups is 1. The minimum atomic E-state index is -0.833. The minimum absolute atomic E-state index is 0.202. The SMILES string of the molecule is CC(=O)O.O=C1N=C(Nc2cc[c]([Na])cc2)O/C1=C/c1ccc(-c2ccccc2)cc1. The molecule has 0 unspecified atom stereocenters. The van der Waals surface area contributed by atoms with Gasteiger partial charge in [-0.05, 0) is 11.1 Å². The third kappa shape index (κ3) is 6.93. The van der Waals surface area contributed by atoms with Gasteiger partial charge in [0, 0.05) is 6.92 Å². The fourth-order valence-corrected chi connectivity index (χ4v) is 3.11. The van der Waals surface area contributed by atoms with Crippen molar-refractivity contribution in [1.82, 2.24) is 0 Å². The summed E-state index contributed by atoms with van der Waals surface area (Å²) in [7, 11) is 0. The van der Waals surface area contributed by atoms with Crippen LogP contribution in [0.2, 0.25) is 0 Å². The van der Waals surface area contributed by atoms with Gasteiger partial charge < -0.3 is 5.11 Å². The molecule has 1 aliphatic rings. The Hall–Kier alpha value is -3.19. The zero-order valence-corrected chi connectivity index (χ0v) is 19.2. The maximum atomic E-state index is 12.1. The third-order valence-electron chi connectivity index (χ3n) is 4.24. The molecule has 4 rings (SSSR count). The van der Waals surface area contributed by atoms with Crippen molar-refractivity contribution >= 4 is 60.4 Å². The number of hydrogen-bond acceptors (Lipinski definition) is 4. The predicted molar refractivity (Wildman–Crippen MR) is 122 cm³/mol. The van der Waals surface area contributed by atoms with E-state index in [4.69, 9.17) is 14.6 Å². The van der Waals surface area contributed by atoms with Gasteiger partial charge in [-0.3, -0.25) is 4.79 Å². The molecule has 3 aromatic carbocycles. The van der Waals surface area contributed by atoms with Crippen LogP contribution in [-0.4, -0.2) is 50.9 Å². The third-order valence-corrected chi connectivity index (χ3v) is 4.91. The molecule has 1 aliphatic heterocycles. The van der Waals surface area contributed by atoms with Gasteiger partial charge in [0.05, 0.1) is 0 Å². The molecule has 0 spiro atoms. The van der Waals surface area contributed by atoms with E-state index in [1.165, 1.54) is 2.81 Å². The van der Waals surface area contributed by atoms with Gasteiger partial charge in [-0.2, -0.15) is 0 Å². The summed E-state index contributed by atoms with van der Waals surface area (Å²) in [6.07, 6.45) is 1.70. The number of anilines is 1. The zero-order valence-electron chi connectivity index (χ0n) is 17.2. The predicted octanol–water partition coefficient (Wildman–Crippen LogP) is 3.60. The summed E-state index contributed by atoms with van der Waals surface area (Å²) in [6, 6.07) is 26.3. The van der Waals surface area contributed by atoms with E-state index < -0.39 is 5.97 Å². The van der Waals surface area contributed by atoms with Crippen molar-refractivity contribution in [2.24, 2.45) is 4.99 Å². The van der Waals surface area contributed by atoms with E-state index in [0.717, 1.165) is 57.2 Å². The molecule has 2 N–H and O–H groups in total. The van der Waals surface area contributed by atoms with Gasteiger partial charge in [-0.25, -0.2) is 0 Å². The molecule has 0 bridgehead atoms. The Morgan fingerprint density at radius 2 is 1.55 bits per heavy atom. The second-order valence-electron chi connectivity index (χ2n) is 6.83. The number of rotatable bonds is 3. The van der Waals surface area contributed by atoms with Crippen molar-refractivity contribution in [1.29, 1.82) is 0 Å². The summed E-state index contributed by atoms with van der Waals surface area (Å²) in [4.78, 5) is 25.0. The molecule has 3 aromatic rings. The molecule has 6 nitrogen and oxygen atoms in total. The van der Waals surface area contributed by atoms with E-state index in [-0.39, 0.29) is 17.7 Å². The van der Waals surface area contributed by atoms with Crippen molar-refractivity contribution in [3.8, 4) is 11.1 Å². The number of carbonyl (C=O) groups is 2. The quantitative estimate of drug-likeness (QED) is 0.497. The molecule has 1 heterocycles. The fraction of sp³-hybridized carbons (Fsp3) is 0.0417. The maximum absolute atomic E-state index is 12.1. The Bertz CT molecular complexity index is 1120. The fourth-order valence-electron chi connectivity index (χ4n) is 2.78. The molecule has 150 valence electrons. The number of aliphatic carboxylic acids is 1. The van der Waals surface area contributed by atoms with Crippen LogP contribution in [0.3, 0.4) is 0 Å². The molecule has 0 atom stereocenters. The normalized spacial score (nSPS) is 13.7. The number of amidine groups is 1. The van der Waals surface area contributed by atoms with Gasteiger partial charge in [0.2, 0.25) is 0 Å². The molecule has 0 fully saturated rings. The van der Waals surface area contributed by atoms with Crippen LogP contribution in [0.5, 0.6) is 0 Å². The second-order valence-corrected chi connectivity index (χ2v) is 7.99. The molecule has 31 heavy (non-hydrogen) atoms. The Morgan fingerprint density at radius 3 is 2.16 bits per heavy atom. The second kappa shape index (κ2) is 10.7. The summed E-state index contributed by atoms with van der Waals surface area (Å²) < 4.78 is 6.88. The van der Waals surface area contributed by atoms with E-state index in [1.54, 1.807) is 6.08 Å². The van der Waals surface area contributed by atoms with Crippen molar-refractivity contribution in [3.05, 3.63) is 90.2 Å². The Kier molecular flexibility index (Phi) is 7.78. The first-order chi connectivity index (χ1) is 14.9. The monoisotopic (exact) mass is 422 g/mol. The molecule has 0 saturated carbocycles. The van der Waals surface area contributed by atoms with Crippen LogP contribution in [0.25, 0.3) is 17.2 Å². The summed E-state index contributed by atoms with van der Waals surface area (Å²) >= 11 is 1.00. The zero-order chi connectivity index (χ0) is 22.2. The molecular weight excluding hydrogens is 403 g/mol. The molecule has 0 aliphatic carbocycles. The first-order valence-corrected chi connectivity index (χ1v) is 10.6. The number of carboxylic acids is 1. The van der Waals surface area contributed by atoms with Gasteiger partial charge in [0.25, 0.3) is 5.97 Å². The van der Waals surface area contributed by atoms with Crippen molar-refractivity contribution in [2.75, 3.05) is 5.32 Å². The number of carboxylic acid groups (broad SMARTS) is 1. The van der Waals surface area contributed by atoms with E-state index in [1.807, 2.05) is 66.7 Å². The number of ether oxygens (including phenoxy) is 1. The first-order valence-electron chi connectivity index (χ1n) is 9.62. The Labute approximate surface area is 197 Å². The first kappa shape index (κ1) is 22.5. The van der Waals surface area contributed by atoms with Crippen LogP contribution in [-0.2, 0) is 14.3 Å². The molecule has 0 radical (unpaired) electrons. The average molecular weight is 422 g/mol. The van der Waals surface area contributed by atoms with Gasteiger partial charge in [0.15, 0.2) is 0 Å². The topological polar surface area (TPSA) is 88.0 Å². The Balaban J connectivity index is 0.000000628. The van der Waals surface area contributed by atoms with Gasteiger partial charge >= 0.3 is 134 Å². The van der Waals surface area contributed by atoms with E-state index in [9.17, 15) is 4.79 Å². The van der Waals surface area contributed by atoms with Crippen LogP contribution in [0.4, 0.5) is 5.69 Å². The number of benzene rings is 3. The average Bonchev–Trinajstić information content (AvgIpc) is 3.09. The number of amides is 1. The Morgan fingerprint density at radius 1 is 0.968 bits per heavy atom. The van der Waals surface area contributed by atoms with Crippen molar-refractivity contribution in [3.63, 3.8) is 0 Å². The van der Waals surface area contributed by atoms with Crippen LogP contribution in [0.1, 0.15) is 12.5 Å². The number of hydrogen-bond donors (Lipinski definition) is 2. The van der Waals surface area contributed by atoms with Crippen molar-refractivity contribution < 1.29 is 19.4 Å². The molecule has 0 aromatic heterocycles. The summed E-state index contributed by atoms with van der Waals surface area (Å²) in [5, 5.41) is 10.4. The molecule has 0 saturated heterocycles. The van der Waals surface area contributed by atoms with Crippen LogP contribution < -0.4 is 8.13 Å². The molecule has 1 amide bonds. The summed E-state index contributed by atoms with van der Waals surface area (Å²) in [5.41, 5.74) is 4.00. The van der Waals surface area contributed by atoms with Crippen LogP contribution >= 0.6 is 0 Å². The van der Waals surface area contributed by atoms with E-state index in [2.05, 4.69) is 22.4 Å².